The number of hydrogen-bond acceptors (Lipinski definition) is 0. The van der Waals surface area contributed by atoms with Gasteiger partial charge in [-0.2, -0.15) is 0 Å². The number of rotatable bonds is 8. The van der Waals surface area contributed by atoms with Crippen LogP contribution in [0.4, 0.5) is 0 Å². The van der Waals surface area contributed by atoms with Crippen LogP contribution < -0.4 is 0 Å². The molecule has 0 N–H and O–H groups in total. The van der Waals surface area contributed by atoms with Crippen LogP contribution in [0, 0.1) is 0 Å². The third-order valence-corrected chi connectivity index (χ3v) is 2.65. The van der Waals surface area contributed by atoms with Gasteiger partial charge in [0.15, 0.2) is 0 Å². The summed E-state index contributed by atoms with van der Waals surface area (Å²) in [5.74, 6) is 0. The van der Waals surface area contributed by atoms with Gasteiger partial charge in [0.05, 0.1) is 0 Å². The van der Waals surface area contributed by atoms with Crippen molar-refractivity contribution in [3.63, 3.8) is 0 Å². The molecule has 0 saturated heterocycles. The summed E-state index contributed by atoms with van der Waals surface area (Å²) in [4.78, 5) is 0. The van der Waals surface area contributed by atoms with Crippen molar-refractivity contribution in [2.24, 2.45) is 0 Å². The molecule has 0 rings (SSSR count). The van der Waals surface area contributed by atoms with Crippen LogP contribution in [0.5, 0.6) is 0 Å². The highest BCUT2D eigenvalue weighted by Gasteiger charge is 1.92. The Morgan fingerprint density at radius 1 is 1.14 bits per heavy atom. The molecule has 82 valence electrons. The van der Waals surface area contributed by atoms with Gasteiger partial charge in [0, 0.05) is 0 Å². The van der Waals surface area contributed by atoms with Crippen LogP contribution in [0.1, 0.15) is 65.7 Å². The highest BCUT2D eigenvalue weighted by Crippen LogP contribution is 2.12. The molecule has 0 aliphatic carbocycles. The monoisotopic (exact) mass is 194 g/mol. The van der Waals surface area contributed by atoms with Gasteiger partial charge in [-0.25, -0.2) is 0 Å². The van der Waals surface area contributed by atoms with Gasteiger partial charge < -0.3 is 0 Å². The SMILES string of the molecule is C=C(CC)CCCC=C(C)CCCC. The van der Waals surface area contributed by atoms with Gasteiger partial charge in [0.25, 0.3) is 0 Å². The molecule has 0 spiro atoms. The van der Waals surface area contributed by atoms with Crippen molar-refractivity contribution in [3.05, 3.63) is 23.8 Å². The van der Waals surface area contributed by atoms with E-state index in [0.717, 1.165) is 6.42 Å². The molecule has 0 aromatic rings. The molecule has 0 aliphatic rings. The van der Waals surface area contributed by atoms with Gasteiger partial charge in [-0.1, -0.05) is 44.1 Å². The fourth-order valence-corrected chi connectivity index (χ4v) is 1.43. The Balaban J connectivity index is 3.45. The van der Waals surface area contributed by atoms with E-state index in [0.29, 0.717) is 0 Å². The average Bonchev–Trinajstić information content (AvgIpc) is 2.21. The van der Waals surface area contributed by atoms with E-state index in [4.69, 9.17) is 0 Å². The van der Waals surface area contributed by atoms with Gasteiger partial charge >= 0.3 is 0 Å². The maximum Gasteiger partial charge on any atom is -0.0320 e. The minimum atomic E-state index is 1.14. The van der Waals surface area contributed by atoms with Gasteiger partial charge in [-0.3, -0.25) is 0 Å². The highest BCUT2D eigenvalue weighted by molar-refractivity contribution is 4.99. The predicted molar refractivity (Wildman–Crippen MR) is 66.6 cm³/mol. The lowest BCUT2D eigenvalue weighted by Gasteiger charge is -2.01. The summed E-state index contributed by atoms with van der Waals surface area (Å²) in [5, 5.41) is 0. The van der Waals surface area contributed by atoms with Crippen LogP contribution in [0.3, 0.4) is 0 Å². The van der Waals surface area contributed by atoms with Crippen molar-refractivity contribution >= 4 is 0 Å². The quantitative estimate of drug-likeness (QED) is 0.365. The van der Waals surface area contributed by atoms with E-state index in [2.05, 4.69) is 33.4 Å². The number of allylic oxidation sites excluding steroid dienone is 3. The van der Waals surface area contributed by atoms with E-state index in [-0.39, 0.29) is 0 Å². The van der Waals surface area contributed by atoms with Crippen LogP contribution in [0.2, 0.25) is 0 Å². The first kappa shape index (κ1) is 13.5. The molecular weight excluding hydrogens is 168 g/mol. The third-order valence-electron chi connectivity index (χ3n) is 2.65. The zero-order chi connectivity index (χ0) is 10.8. The van der Waals surface area contributed by atoms with Crippen LogP contribution in [0.25, 0.3) is 0 Å². The maximum absolute atomic E-state index is 4.02. The first-order chi connectivity index (χ1) is 6.70. The van der Waals surface area contributed by atoms with Crippen molar-refractivity contribution in [2.75, 3.05) is 0 Å². The van der Waals surface area contributed by atoms with Gasteiger partial charge in [-0.05, 0) is 45.4 Å². The first-order valence-electron chi connectivity index (χ1n) is 6.03. The second-order valence-electron chi connectivity index (χ2n) is 4.15. The molecule has 0 aliphatic heterocycles. The van der Waals surface area contributed by atoms with Gasteiger partial charge in [0.1, 0.15) is 0 Å². The van der Waals surface area contributed by atoms with E-state index in [1.165, 1.54) is 44.1 Å². The normalized spacial score (nSPS) is 11.8. The first-order valence-corrected chi connectivity index (χ1v) is 6.03. The zero-order valence-corrected chi connectivity index (χ0v) is 10.2. The molecule has 0 atom stereocenters. The van der Waals surface area contributed by atoms with E-state index in [9.17, 15) is 0 Å². The van der Waals surface area contributed by atoms with Crippen molar-refractivity contribution < 1.29 is 0 Å². The predicted octanol–water partition coefficient (Wildman–Crippen LogP) is 5.26. The van der Waals surface area contributed by atoms with E-state index in [1.807, 2.05) is 0 Å². The fourth-order valence-electron chi connectivity index (χ4n) is 1.43. The fraction of sp³-hybridized carbons (Fsp3) is 0.714. The Hall–Kier alpha value is -0.520. The summed E-state index contributed by atoms with van der Waals surface area (Å²) in [6, 6.07) is 0. The molecule has 0 heteroatoms. The van der Waals surface area contributed by atoms with Gasteiger partial charge in [-0.15, -0.1) is 0 Å². The van der Waals surface area contributed by atoms with Crippen LogP contribution in [0.15, 0.2) is 23.8 Å². The molecule has 0 radical (unpaired) electrons. The Labute approximate surface area is 90.1 Å². The standard InChI is InChI=1S/C14H26/c1-5-7-10-14(4)12-9-8-11-13(3)6-2/h12H,3,5-11H2,1-2,4H3. The van der Waals surface area contributed by atoms with Crippen molar-refractivity contribution in [1.82, 2.24) is 0 Å². The topological polar surface area (TPSA) is 0 Å². The molecule has 0 bridgehead atoms. The van der Waals surface area contributed by atoms with Crippen LogP contribution >= 0.6 is 0 Å². The molecule has 14 heavy (non-hydrogen) atoms. The van der Waals surface area contributed by atoms with E-state index >= 15 is 0 Å². The van der Waals surface area contributed by atoms with E-state index < -0.39 is 0 Å². The van der Waals surface area contributed by atoms with Gasteiger partial charge in [0.2, 0.25) is 0 Å². The Kier molecular flexibility index (Phi) is 8.72. The second kappa shape index (κ2) is 9.05. The molecule has 0 heterocycles. The van der Waals surface area contributed by atoms with Crippen molar-refractivity contribution in [1.29, 1.82) is 0 Å². The lowest BCUT2D eigenvalue weighted by atomic mass is 10.1. The smallest absolute Gasteiger partial charge is 0.0320 e. The van der Waals surface area contributed by atoms with E-state index in [1.54, 1.807) is 5.57 Å². The highest BCUT2D eigenvalue weighted by atomic mass is 14.0. The molecule has 0 saturated carbocycles. The summed E-state index contributed by atoms with van der Waals surface area (Å²) >= 11 is 0. The summed E-state index contributed by atoms with van der Waals surface area (Å²) in [6.45, 7) is 10.7. The molecule has 0 unspecified atom stereocenters. The molecule has 0 fully saturated rings. The zero-order valence-electron chi connectivity index (χ0n) is 10.2. The molecule has 0 amide bonds. The summed E-state index contributed by atoms with van der Waals surface area (Å²) < 4.78 is 0. The Morgan fingerprint density at radius 2 is 1.86 bits per heavy atom. The average molecular weight is 194 g/mol. The summed E-state index contributed by atoms with van der Waals surface area (Å²) in [7, 11) is 0. The minimum absolute atomic E-state index is 1.14. The van der Waals surface area contributed by atoms with Crippen molar-refractivity contribution in [2.45, 2.75) is 65.7 Å². The molecule has 0 nitrogen and oxygen atoms in total. The maximum atomic E-state index is 4.02. The summed E-state index contributed by atoms with van der Waals surface area (Å²) in [5.41, 5.74) is 2.96. The second-order valence-corrected chi connectivity index (χ2v) is 4.15. The molecule has 0 aromatic heterocycles. The number of hydrogen-bond donors (Lipinski definition) is 0. The largest absolute Gasteiger partial charge is 0.0999 e. The third kappa shape index (κ3) is 8.10. The Bertz CT molecular complexity index is 174. The Morgan fingerprint density at radius 3 is 2.43 bits per heavy atom. The summed E-state index contributed by atoms with van der Waals surface area (Å²) in [6.07, 6.45) is 11.2. The lowest BCUT2D eigenvalue weighted by Crippen LogP contribution is -1.81. The molecular formula is C14H26. The van der Waals surface area contributed by atoms with Crippen LogP contribution in [-0.4, -0.2) is 0 Å². The lowest BCUT2D eigenvalue weighted by molar-refractivity contribution is 0.767. The minimum Gasteiger partial charge on any atom is -0.0999 e. The van der Waals surface area contributed by atoms with Crippen LogP contribution in [-0.2, 0) is 0 Å². The molecule has 0 aromatic carbocycles. The number of unbranched alkanes of at least 4 members (excludes halogenated alkanes) is 2. The van der Waals surface area contributed by atoms with Crippen molar-refractivity contribution in [3.8, 4) is 0 Å².